The molecule has 140 valence electrons. The third kappa shape index (κ3) is 7.19. The summed E-state index contributed by atoms with van der Waals surface area (Å²) < 4.78 is 4.64. The van der Waals surface area contributed by atoms with E-state index in [4.69, 9.17) is 0 Å². The Morgan fingerprint density at radius 2 is 2.08 bits per heavy atom. The summed E-state index contributed by atoms with van der Waals surface area (Å²) in [6.07, 6.45) is 1.41. The highest BCUT2D eigenvalue weighted by Crippen LogP contribution is 2.20. The summed E-state index contributed by atoms with van der Waals surface area (Å²) in [5.74, 6) is 0.513. The number of esters is 1. The quantitative estimate of drug-likeness (QED) is 0.294. The summed E-state index contributed by atoms with van der Waals surface area (Å²) in [5, 5.41) is 6.61. The van der Waals surface area contributed by atoms with Gasteiger partial charge in [0.15, 0.2) is 5.96 Å². The number of halogens is 1. The summed E-state index contributed by atoms with van der Waals surface area (Å²) in [5.41, 5.74) is 1.34. The molecule has 2 N–H and O–H groups in total. The minimum atomic E-state index is -0.221. The molecule has 7 heteroatoms. The number of likely N-dealkylation sites (tertiary alicyclic amines) is 1. The minimum Gasteiger partial charge on any atom is -0.469 e. The van der Waals surface area contributed by atoms with Gasteiger partial charge in [0, 0.05) is 38.8 Å². The van der Waals surface area contributed by atoms with E-state index in [9.17, 15) is 4.79 Å². The molecule has 2 rings (SSSR count). The molecule has 1 saturated heterocycles. The maximum atomic E-state index is 11.2. The van der Waals surface area contributed by atoms with Gasteiger partial charge in [0.1, 0.15) is 0 Å². The van der Waals surface area contributed by atoms with Gasteiger partial charge in [-0.15, -0.1) is 24.0 Å². The minimum absolute atomic E-state index is 0. The van der Waals surface area contributed by atoms with E-state index in [0.717, 1.165) is 25.5 Å². The number of ether oxygens (including phenoxy) is 1. The molecule has 0 aromatic heterocycles. The van der Waals surface area contributed by atoms with Gasteiger partial charge in [0.2, 0.25) is 0 Å². The summed E-state index contributed by atoms with van der Waals surface area (Å²) >= 11 is 0. The van der Waals surface area contributed by atoms with Crippen molar-refractivity contribution >= 4 is 35.9 Å². The summed E-state index contributed by atoms with van der Waals surface area (Å²) in [6, 6.07) is 11.4. The predicted molar refractivity (Wildman–Crippen MR) is 111 cm³/mol. The second-order valence-electron chi connectivity index (χ2n) is 6.17. The average Bonchev–Trinajstić information content (AvgIpc) is 2.93. The van der Waals surface area contributed by atoms with Crippen LogP contribution in [0.3, 0.4) is 0 Å². The maximum Gasteiger partial charge on any atom is 0.307 e. The van der Waals surface area contributed by atoms with Gasteiger partial charge < -0.3 is 15.4 Å². The van der Waals surface area contributed by atoms with Crippen molar-refractivity contribution in [3.8, 4) is 0 Å². The van der Waals surface area contributed by atoms with E-state index in [1.165, 1.54) is 12.7 Å². The molecule has 2 atom stereocenters. The summed E-state index contributed by atoms with van der Waals surface area (Å²) in [4.78, 5) is 17.9. The number of hydrogen-bond acceptors (Lipinski definition) is 4. The number of methoxy groups -OCH3 is 1. The van der Waals surface area contributed by atoms with Crippen LogP contribution < -0.4 is 10.6 Å². The molecule has 1 aliphatic rings. The van der Waals surface area contributed by atoms with Crippen LogP contribution in [-0.4, -0.2) is 56.2 Å². The van der Waals surface area contributed by atoms with Gasteiger partial charge in [-0.3, -0.25) is 14.7 Å². The molecule has 1 aliphatic heterocycles. The summed E-state index contributed by atoms with van der Waals surface area (Å²) in [6.45, 7) is 4.72. The van der Waals surface area contributed by atoms with Gasteiger partial charge in [-0.25, -0.2) is 0 Å². The van der Waals surface area contributed by atoms with Crippen molar-refractivity contribution < 1.29 is 9.53 Å². The van der Waals surface area contributed by atoms with Crippen molar-refractivity contribution in [2.75, 3.05) is 27.2 Å². The number of rotatable bonds is 6. The van der Waals surface area contributed by atoms with Crippen molar-refractivity contribution in [1.82, 2.24) is 15.5 Å². The van der Waals surface area contributed by atoms with Crippen LogP contribution in [0.1, 0.15) is 25.3 Å². The smallest absolute Gasteiger partial charge is 0.307 e. The van der Waals surface area contributed by atoms with Crippen molar-refractivity contribution in [3.05, 3.63) is 35.9 Å². The van der Waals surface area contributed by atoms with Crippen LogP contribution in [0, 0.1) is 0 Å². The number of aliphatic imine (C=N–C) groups is 1. The van der Waals surface area contributed by atoms with Crippen LogP contribution in [0.5, 0.6) is 0 Å². The molecule has 1 fully saturated rings. The van der Waals surface area contributed by atoms with E-state index in [2.05, 4.69) is 56.5 Å². The van der Waals surface area contributed by atoms with Crippen LogP contribution in [0.2, 0.25) is 0 Å². The van der Waals surface area contributed by atoms with E-state index in [1.807, 2.05) is 6.07 Å². The van der Waals surface area contributed by atoms with E-state index in [0.29, 0.717) is 25.0 Å². The molecule has 25 heavy (non-hydrogen) atoms. The Balaban J connectivity index is 0.00000312. The van der Waals surface area contributed by atoms with Gasteiger partial charge in [-0.1, -0.05) is 30.3 Å². The molecule has 2 unspecified atom stereocenters. The van der Waals surface area contributed by atoms with Gasteiger partial charge >= 0.3 is 5.97 Å². The Hall–Kier alpha value is -1.35. The van der Waals surface area contributed by atoms with Crippen LogP contribution >= 0.6 is 24.0 Å². The monoisotopic (exact) mass is 460 g/mol. The third-order valence-electron chi connectivity index (χ3n) is 4.35. The highest BCUT2D eigenvalue weighted by Gasteiger charge is 2.29. The number of nitrogens with zero attached hydrogens (tertiary/aromatic N) is 2. The topological polar surface area (TPSA) is 66.0 Å². The largest absolute Gasteiger partial charge is 0.469 e. The van der Waals surface area contributed by atoms with Crippen LogP contribution in [0.25, 0.3) is 0 Å². The highest BCUT2D eigenvalue weighted by molar-refractivity contribution is 14.0. The number of nitrogens with one attached hydrogen (secondary N) is 2. The van der Waals surface area contributed by atoms with Crippen molar-refractivity contribution in [3.63, 3.8) is 0 Å². The van der Waals surface area contributed by atoms with Crippen LogP contribution in [0.4, 0.5) is 0 Å². The predicted octanol–water partition coefficient (Wildman–Crippen LogP) is 2.00. The number of guanidine groups is 1. The first-order chi connectivity index (χ1) is 11.6. The van der Waals surface area contributed by atoms with E-state index in [1.54, 1.807) is 7.05 Å². The van der Waals surface area contributed by atoms with Crippen LogP contribution in [-0.2, 0) is 16.1 Å². The first-order valence-corrected chi connectivity index (χ1v) is 8.44. The zero-order chi connectivity index (χ0) is 17.4. The van der Waals surface area contributed by atoms with Gasteiger partial charge in [0.05, 0.1) is 13.5 Å². The van der Waals surface area contributed by atoms with Gasteiger partial charge in [-0.2, -0.15) is 0 Å². The lowest BCUT2D eigenvalue weighted by Crippen LogP contribution is -2.45. The molecule has 0 aliphatic carbocycles. The molecule has 6 nitrogen and oxygen atoms in total. The van der Waals surface area contributed by atoms with Crippen molar-refractivity contribution in [2.24, 2.45) is 4.99 Å². The van der Waals surface area contributed by atoms with Gasteiger partial charge in [0.25, 0.3) is 0 Å². The summed E-state index contributed by atoms with van der Waals surface area (Å²) in [7, 11) is 3.14. The Morgan fingerprint density at radius 1 is 1.36 bits per heavy atom. The lowest BCUT2D eigenvalue weighted by molar-refractivity contribution is -0.140. The van der Waals surface area contributed by atoms with Crippen molar-refractivity contribution in [1.29, 1.82) is 0 Å². The molecule has 1 aromatic rings. The standard InChI is InChI=1S/C18H28N4O2.HI/c1-14-11-16(13-22(14)12-15-7-5-4-6-8-15)21-18(19-2)20-10-9-17(23)24-3;/h4-8,14,16H,9-13H2,1-3H3,(H2,19,20,21);1H. The Bertz CT molecular complexity index is 553. The van der Waals surface area contributed by atoms with Crippen molar-refractivity contribution in [2.45, 2.75) is 38.4 Å². The second-order valence-corrected chi connectivity index (χ2v) is 6.17. The molecule has 0 amide bonds. The Kier molecular flexibility index (Phi) is 9.81. The number of carbonyl (C=O) groups excluding carboxylic acids is 1. The molecule has 0 bridgehead atoms. The van der Waals surface area contributed by atoms with E-state index >= 15 is 0 Å². The normalized spacial score (nSPS) is 20.7. The molecular formula is C18H29IN4O2. The Labute approximate surface area is 167 Å². The highest BCUT2D eigenvalue weighted by atomic mass is 127. The molecule has 0 spiro atoms. The lowest BCUT2D eigenvalue weighted by atomic mass is 10.2. The van der Waals surface area contributed by atoms with Gasteiger partial charge in [-0.05, 0) is 18.9 Å². The fourth-order valence-corrected chi connectivity index (χ4v) is 3.01. The maximum absolute atomic E-state index is 11.2. The number of carbonyl (C=O) groups is 1. The van der Waals surface area contributed by atoms with E-state index < -0.39 is 0 Å². The fourth-order valence-electron chi connectivity index (χ4n) is 3.01. The molecule has 0 saturated carbocycles. The fraction of sp³-hybridized carbons (Fsp3) is 0.556. The SMILES string of the molecule is CN=C(NCCC(=O)OC)NC1CC(C)N(Cc2ccccc2)C1.I. The molecule has 1 heterocycles. The average molecular weight is 460 g/mol. The lowest BCUT2D eigenvalue weighted by Gasteiger charge is -2.21. The first kappa shape index (κ1) is 21.7. The first-order valence-electron chi connectivity index (χ1n) is 8.44. The zero-order valence-electron chi connectivity index (χ0n) is 15.2. The molecule has 0 radical (unpaired) electrons. The van der Waals surface area contributed by atoms with Crippen LogP contribution in [0.15, 0.2) is 35.3 Å². The number of hydrogen-bond donors (Lipinski definition) is 2. The zero-order valence-corrected chi connectivity index (χ0v) is 17.5. The van der Waals surface area contributed by atoms with E-state index in [-0.39, 0.29) is 29.9 Å². The third-order valence-corrected chi connectivity index (χ3v) is 4.35. The Morgan fingerprint density at radius 3 is 2.72 bits per heavy atom. The molecular weight excluding hydrogens is 431 g/mol. The second kappa shape index (κ2) is 11.3. The molecule has 1 aromatic carbocycles. The number of benzene rings is 1.